The van der Waals surface area contributed by atoms with Crippen LogP contribution in [0.3, 0.4) is 0 Å². The number of amides is 2. The lowest BCUT2D eigenvalue weighted by Gasteiger charge is -2.14. The third kappa shape index (κ3) is 4.57. The zero-order valence-corrected chi connectivity index (χ0v) is 10.9. The van der Waals surface area contributed by atoms with Crippen LogP contribution in [0.5, 0.6) is 0 Å². The van der Waals surface area contributed by atoms with E-state index >= 15 is 0 Å². The van der Waals surface area contributed by atoms with Crippen molar-refractivity contribution in [2.75, 3.05) is 6.54 Å². The average molecular weight is 248 g/mol. The summed E-state index contributed by atoms with van der Waals surface area (Å²) in [6.45, 7) is 4.07. The van der Waals surface area contributed by atoms with Gasteiger partial charge in [0.05, 0.1) is 6.54 Å². The third-order valence-electron chi connectivity index (χ3n) is 2.80. The maximum Gasteiger partial charge on any atom is 0.251 e. The van der Waals surface area contributed by atoms with Gasteiger partial charge in [-0.3, -0.25) is 9.59 Å². The second-order valence-corrected chi connectivity index (χ2v) is 4.13. The highest BCUT2D eigenvalue weighted by atomic mass is 16.2. The maximum atomic E-state index is 11.7. The first-order valence-electron chi connectivity index (χ1n) is 6.30. The molecule has 0 aromatic heterocycles. The Kier molecular flexibility index (Phi) is 5.91. The molecule has 1 aromatic rings. The molecular formula is C14H20N2O2. The molecule has 0 saturated heterocycles. The van der Waals surface area contributed by atoms with Gasteiger partial charge in [-0.25, -0.2) is 0 Å². The van der Waals surface area contributed by atoms with Gasteiger partial charge in [-0.15, -0.1) is 0 Å². The number of rotatable bonds is 6. The van der Waals surface area contributed by atoms with Crippen LogP contribution in [-0.2, 0) is 4.79 Å². The third-order valence-corrected chi connectivity index (χ3v) is 2.80. The van der Waals surface area contributed by atoms with E-state index in [4.69, 9.17) is 0 Å². The lowest BCUT2D eigenvalue weighted by molar-refractivity contribution is -0.120. The molecule has 0 fully saturated rings. The summed E-state index contributed by atoms with van der Waals surface area (Å²) in [4.78, 5) is 23.3. The van der Waals surface area contributed by atoms with E-state index in [2.05, 4.69) is 10.6 Å². The van der Waals surface area contributed by atoms with Crippen molar-refractivity contribution >= 4 is 11.8 Å². The number of hydrogen-bond acceptors (Lipinski definition) is 2. The van der Waals surface area contributed by atoms with E-state index in [0.29, 0.717) is 5.56 Å². The molecule has 0 spiro atoms. The predicted molar refractivity (Wildman–Crippen MR) is 71.3 cm³/mol. The first-order valence-corrected chi connectivity index (χ1v) is 6.30. The topological polar surface area (TPSA) is 58.2 Å². The monoisotopic (exact) mass is 248 g/mol. The minimum absolute atomic E-state index is 0.0181. The SMILES string of the molecule is CCC(CC)NC(=O)CNC(=O)c1ccccc1. The maximum absolute atomic E-state index is 11.7. The van der Waals surface area contributed by atoms with Gasteiger partial charge < -0.3 is 10.6 Å². The van der Waals surface area contributed by atoms with Gasteiger partial charge in [0.15, 0.2) is 0 Å². The van der Waals surface area contributed by atoms with Gasteiger partial charge >= 0.3 is 0 Å². The molecule has 4 heteroatoms. The van der Waals surface area contributed by atoms with Gasteiger partial charge in [0, 0.05) is 11.6 Å². The summed E-state index contributed by atoms with van der Waals surface area (Å²) in [5.74, 6) is -0.372. The first kappa shape index (κ1) is 14.2. The van der Waals surface area contributed by atoms with Crippen molar-refractivity contribution in [3.8, 4) is 0 Å². The van der Waals surface area contributed by atoms with E-state index in [1.54, 1.807) is 24.3 Å². The molecule has 18 heavy (non-hydrogen) atoms. The fourth-order valence-corrected chi connectivity index (χ4v) is 1.62. The molecule has 1 aromatic carbocycles. The Morgan fingerprint density at radius 2 is 1.72 bits per heavy atom. The van der Waals surface area contributed by atoms with E-state index in [1.807, 2.05) is 19.9 Å². The molecule has 0 bridgehead atoms. The van der Waals surface area contributed by atoms with Crippen LogP contribution < -0.4 is 10.6 Å². The quantitative estimate of drug-likeness (QED) is 0.805. The molecule has 0 saturated carbocycles. The van der Waals surface area contributed by atoms with Gasteiger partial charge in [-0.1, -0.05) is 32.0 Å². The largest absolute Gasteiger partial charge is 0.352 e. The van der Waals surface area contributed by atoms with Crippen LogP contribution in [0.15, 0.2) is 30.3 Å². The van der Waals surface area contributed by atoms with Crippen molar-refractivity contribution in [3.05, 3.63) is 35.9 Å². The number of hydrogen-bond donors (Lipinski definition) is 2. The van der Waals surface area contributed by atoms with Crippen LogP contribution in [0.2, 0.25) is 0 Å². The zero-order valence-electron chi connectivity index (χ0n) is 10.9. The highest BCUT2D eigenvalue weighted by Gasteiger charge is 2.10. The summed E-state index contributed by atoms with van der Waals surface area (Å²) < 4.78 is 0. The molecule has 0 atom stereocenters. The van der Waals surface area contributed by atoms with Crippen LogP contribution in [0, 0.1) is 0 Å². The molecule has 4 nitrogen and oxygen atoms in total. The van der Waals surface area contributed by atoms with Crippen LogP contribution in [-0.4, -0.2) is 24.4 Å². The average Bonchev–Trinajstić information content (AvgIpc) is 2.43. The molecule has 98 valence electrons. The number of nitrogens with one attached hydrogen (secondary N) is 2. The smallest absolute Gasteiger partial charge is 0.251 e. The molecule has 2 N–H and O–H groups in total. The molecule has 0 unspecified atom stereocenters. The summed E-state index contributed by atoms with van der Waals surface area (Å²) in [5, 5.41) is 5.47. The number of carbonyl (C=O) groups excluding carboxylic acids is 2. The second kappa shape index (κ2) is 7.48. The molecule has 0 heterocycles. The predicted octanol–water partition coefficient (Wildman–Crippen LogP) is 1.72. The van der Waals surface area contributed by atoms with E-state index in [0.717, 1.165) is 12.8 Å². The van der Waals surface area contributed by atoms with E-state index in [9.17, 15) is 9.59 Å². The minimum Gasteiger partial charge on any atom is -0.352 e. The standard InChI is InChI=1S/C14H20N2O2/c1-3-12(4-2)16-13(17)10-15-14(18)11-8-6-5-7-9-11/h5-9,12H,3-4,10H2,1-2H3,(H,15,18)(H,16,17). The Bertz CT molecular complexity index is 386. The Morgan fingerprint density at radius 3 is 2.28 bits per heavy atom. The summed E-state index contributed by atoms with van der Waals surface area (Å²) >= 11 is 0. The summed E-state index contributed by atoms with van der Waals surface area (Å²) in [6, 6.07) is 9.04. The van der Waals surface area contributed by atoms with Gasteiger partial charge in [0.2, 0.25) is 5.91 Å². The van der Waals surface area contributed by atoms with Crippen LogP contribution in [0.25, 0.3) is 0 Å². The second-order valence-electron chi connectivity index (χ2n) is 4.13. The highest BCUT2D eigenvalue weighted by molar-refractivity contribution is 5.96. The van der Waals surface area contributed by atoms with E-state index in [1.165, 1.54) is 0 Å². The molecule has 0 radical (unpaired) electrons. The molecule has 0 aliphatic heterocycles. The van der Waals surface area contributed by atoms with E-state index in [-0.39, 0.29) is 24.4 Å². The normalized spacial score (nSPS) is 10.2. The van der Waals surface area contributed by atoms with Crippen molar-refractivity contribution < 1.29 is 9.59 Å². The van der Waals surface area contributed by atoms with Crippen molar-refractivity contribution in [2.24, 2.45) is 0 Å². The number of carbonyl (C=O) groups is 2. The minimum atomic E-state index is -0.227. The fraction of sp³-hybridized carbons (Fsp3) is 0.429. The van der Waals surface area contributed by atoms with Crippen molar-refractivity contribution in [1.82, 2.24) is 10.6 Å². The van der Waals surface area contributed by atoms with Crippen molar-refractivity contribution in [1.29, 1.82) is 0 Å². The summed E-state index contributed by atoms with van der Waals surface area (Å²) in [5.41, 5.74) is 0.563. The molecule has 1 rings (SSSR count). The number of benzene rings is 1. The van der Waals surface area contributed by atoms with Crippen LogP contribution in [0.1, 0.15) is 37.0 Å². The van der Waals surface area contributed by atoms with Crippen molar-refractivity contribution in [2.45, 2.75) is 32.7 Å². The molecular weight excluding hydrogens is 228 g/mol. The van der Waals surface area contributed by atoms with E-state index < -0.39 is 0 Å². The van der Waals surface area contributed by atoms with Crippen LogP contribution in [0.4, 0.5) is 0 Å². The summed E-state index contributed by atoms with van der Waals surface area (Å²) in [7, 11) is 0. The Labute approximate surface area is 108 Å². The van der Waals surface area contributed by atoms with Crippen LogP contribution >= 0.6 is 0 Å². The van der Waals surface area contributed by atoms with Crippen molar-refractivity contribution in [3.63, 3.8) is 0 Å². The van der Waals surface area contributed by atoms with Gasteiger partial charge in [-0.05, 0) is 25.0 Å². The van der Waals surface area contributed by atoms with Gasteiger partial charge in [0.1, 0.15) is 0 Å². The van der Waals surface area contributed by atoms with Gasteiger partial charge in [-0.2, -0.15) is 0 Å². The highest BCUT2D eigenvalue weighted by Crippen LogP contribution is 1.98. The summed E-state index contributed by atoms with van der Waals surface area (Å²) in [6.07, 6.45) is 1.80. The zero-order chi connectivity index (χ0) is 13.4. The first-order chi connectivity index (χ1) is 8.67. The Morgan fingerprint density at radius 1 is 1.11 bits per heavy atom. The lowest BCUT2D eigenvalue weighted by atomic mass is 10.2. The molecule has 0 aliphatic rings. The molecule has 2 amide bonds. The fourth-order valence-electron chi connectivity index (χ4n) is 1.62. The Hall–Kier alpha value is -1.84. The lowest BCUT2D eigenvalue weighted by Crippen LogP contribution is -2.41. The Balaban J connectivity index is 2.37. The van der Waals surface area contributed by atoms with Gasteiger partial charge in [0.25, 0.3) is 5.91 Å². The molecule has 0 aliphatic carbocycles.